The molecular weight excluding hydrogens is 404 g/mol. The number of aliphatic hydroxyl groups is 1. The van der Waals surface area contributed by atoms with Crippen LogP contribution < -0.4 is 0 Å². The minimum atomic E-state index is -1.20. The molecule has 2 aliphatic heterocycles. The van der Waals surface area contributed by atoms with Gasteiger partial charge in [-0.25, -0.2) is 0 Å². The van der Waals surface area contributed by atoms with Crippen molar-refractivity contribution in [3.8, 4) is 0 Å². The van der Waals surface area contributed by atoms with Crippen LogP contribution in [0.15, 0.2) is 0 Å². The van der Waals surface area contributed by atoms with Gasteiger partial charge in [0.05, 0.1) is 13.2 Å². The van der Waals surface area contributed by atoms with Gasteiger partial charge in [-0.2, -0.15) is 0 Å². The van der Waals surface area contributed by atoms with E-state index in [1.54, 1.807) is 28.4 Å². The Kier molecular flexibility index (Phi) is 10.8. The Balaban J connectivity index is 2.12. The van der Waals surface area contributed by atoms with Gasteiger partial charge in [0.2, 0.25) is 0 Å². The van der Waals surface area contributed by atoms with Gasteiger partial charge in [-0.15, -0.1) is 0 Å². The van der Waals surface area contributed by atoms with E-state index in [1.165, 1.54) is 21.3 Å². The van der Waals surface area contributed by atoms with Crippen LogP contribution >= 0.6 is 0 Å². The summed E-state index contributed by atoms with van der Waals surface area (Å²) in [5.74, 6) is 0. The Labute approximate surface area is 177 Å². The van der Waals surface area contributed by atoms with Gasteiger partial charge in [0.15, 0.2) is 12.6 Å². The van der Waals surface area contributed by atoms with E-state index in [4.69, 9.17) is 47.4 Å². The highest BCUT2D eigenvalue weighted by Crippen LogP contribution is 2.30. The van der Waals surface area contributed by atoms with Crippen LogP contribution in [-0.2, 0) is 47.4 Å². The summed E-state index contributed by atoms with van der Waals surface area (Å²) >= 11 is 0. The monoisotopic (exact) mass is 440 g/mol. The molecule has 0 bridgehead atoms. The first-order chi connectivity index (χ1) is 14.5. The highest BCUT2D eigenvalue weighted by molar-refractivity contribution is 4.94. The van der Waals surface area contributed by atoms with E-state index >= 15 is 0 Å². The molecule has 0 amide bonds. The fourth-order valence-electron chi connectivity index (χ4n) is 4.14. The van der Waals surface area contributed by atoms with Crippen molar-refractivity contribution in [1.82, 2.24) is 0 Å². The van der Waals surface area contributed by atoms with Gasteiger partial charge < -0.3 is 52.5 Å². The SMILES string of the molecule is COC[C@H]1O[C@@H](OC[C@H]2O[C@H](O)[C@H](OC)[C@@H](OC)[C@@H]2OC)[C@H](OC)[C@@H](OC)[C@@H]1OC. The number of ether oxygens (including phenoxy) is 10. The van der Waals surface area contributed by atoms with Gasteiger partial charge >= 0.3 is 0 Å². The second-order valence-electron chi connectivity index (χ2n) is 7.10. The highest BCUT2D eigenvalue weighted by Gasteiger charge is 2.50. The van der Waals surface area contributed by atoms with Crippen molar-refractivity contribution in [2.75, 3.05) is 63.0 Å². The van der Waals surface area contributed by atoms with Crippen molar-refractivity contribution in [3.63, 3.8) is 0 Å². The van der Waals surface area contributed by atoms with E-state index in [2.05, 4.69) is 0 Å². The predicted molar refractivity (Wildman–Crippen MR) is 102 cm³/mol. The molecule has 2 fully saturated rings. The minimum absolute atomic E-state index is 0.0458. The Morgan fingerprint density at radius 2 is 1.03 bits per heavy atom. The molecule has 0 saturated carbocycles. The van der Waals surface area contributed by atoms with Crippen LogP contribution in [0.25, 0.3) is 0 Å². The fraction of sp³-hybridized carbons (Fsp3) is 1.00. The molecule has 0 aromatic rings. The molecule has 2 aliphatic rings. The zero-order chi connectivity index (χ0) is 22.3. The molecular formula is C19H36O11. The van der Waals surface area contributed by atoms with Gasteiger partial charge in [0, 0.05) is 49.8 Å². The lowest BCUT2D eigenvalue weighted by Gasteiger charge is -2.46. The van der Waals surface area contributed by atoms with E-state index in [-0.39, 0.29) is 13.2 Å². The maximum absolute atomic E-state index is 10.3. The van der Waals surface area contributed by atoms with Crippen LogP contribution in [0.2, 0.25) is 0 Å². The molecule has 10 atom stereocenters. The van der Waals surface area contributed by atoms with Crippen LogP contribution in [-0.4, -0.2) is 130 Å². The zero-order valence-electron chi connectivity index (χ0n) is 18.7. The number of methoxy groups -OCH3 is 7. The molecule has 30 heavy (non-hydrogen) atoms. The molecule has 1 N–H and O–H groups in total. The number of aliphatic hydroxyl groups excluding tert-OH is 1. The van der Waals surface area contributed by atoms with Crippen molar-refractivity contribution in [2.24, 2.45) is 0 Å². The summed E-state index contributed by atoms with van der Waals surface area (Å²) in [5, 5.41) is 10.3. The van der Waals surface area contributed by atoms with Gasteiger partial charge in [-0.1, -0.05) is 0 Å². The molecule has 0 unspecified atom stereocenters. The molecule has 2 saturated heterocycles. The topological polar surface area (TPSA) is 113 Å². The summed E-state index contributed by atoms with van der Waals surface area (Å²) in [6, 6.07) is 0. The third-order valence-electron chi connectivity index (χ3n) is 5.59. The molecule has 11 heteroatoms. The van der Waals surface area contributed by atoms with Crippen molar-refractivity contribution in [3.05, 3.63) is 0 Å². The van der Waals surface area contributed by atoms with Crippen LogP contribution in [0.4, 0.5) is 0 Å². The molecule has 0 spiro atoms. The maximum Gasteiger partial charge on any atom is 0.187 e. The first kappa shape index (κ1) is 25.8. The summed E-state index contributed by atoms with van der Waals surface area (Å²) in [6.45, 7) is 0.333. The third-order valence-corrected chi connectivity index (χ3v) is 5.59. The van der Waals surface area contributed by atoms with Crippen molar-refractivity contribution in [2.45, 2.75) is 61.4 Å². The molecule has 11 nitrogen and oxygen atoms in total. The minimum Gasteiger partial charge on any atom is -0.382 e. The predicted octanol–water partition coefficient (Wildman–Crippen LogP) is -0.818. The average molecular weight is 440 g/mol. The standard InChI is InChI=1S/C19H36O11/c1-21-8-10-12(22-2)15(25-5)17(27-7)19(30-10)28-9-11-13(23-3)14(24-4)16(26-6)18(20)29-11/h10-20H,8-9H2,1-7H3/t10-,11-,12-,13-,14+,15+,16-,17-,18+,19-/m1/s1. The largest absolute Gasteiger partial charge is 0.382 e. The van der Waals surface area contributed by atoms with Gasteiger partial charge in [-0.05, 0) is 0 Å². The lowest BCUT2D eigenvalue weighted by molar-refractivity contribution is -0.336. The highest BCUT2D eigenvalue weighted by atomic mass is 16.7. The summed E-state index contributed by atoms with van der Waals surface area (Å²) in [4.78, 5) is 0. The Hall–Kier alpha value is -0.440. The number of hydrogen-bond donors (Lipinski definition) is 1. The van der Waals surface area contributed by atoms with Crippen molar-refractivity contribution < 1.29 is 52.5 Å². The average Bonchev–Trinajstić information content (AvgIpc) is 2.76. The molecule has 0 radical (unpaired) electrons. The number of rotatable bonds is 11. The summed E-state index contributed by atoms with van der Waals surface area (Å²) in [6.07, 6.45) is -6.23. The Morgan fingerprint density at radius 1 is 0.567 bits per heavy atom. The molecule has 0 aromatic heterocycles. The smallest absolute Gasteiger partial charge is 0.187 e. The maximum atomic E-state index is 10.3. The normalized spacial score (nSPS) is 42.4. The van der Waals surface area contributed by atoms with Gasteiger partial charge in [0.25, 0.3) is 0 Å². The molecule has 2 heterocycles. The zero-order valence-corrected chi connectivity index (χ0v) is 18.7. The van der Waals surface area contributed by atoms with E-state index in [9.17, 15) is 5.11 Å². The lowest BCUT2D eigenvalue weighted by Crippen LogP contribution is -2.63. The van der Waals surface area contributed by atoms with Crippen molar-refractivity contribution >= 4 is 0 Å². The third kappa shape index (κ3) is 5.48. The van der Waals surface area contributed by atoms with Gasteiger partial charge in [0.1, 0.15) is 48.8 Å². The Bertz CT molecular complexity index is 481. The van der Waals surface area contributed by atoms with E-state index in [0.717, 1.165) is 0 Å². The summed E-state index contributed by atoms with van der Waals surface area (Å²) in [5.41, 5.74) is 0. The number of hydrogen-bond acceptors (Lipinski definition) is 11. The molecule has 178 valence electrons. The van der Waals surface area contributed by atoms with Crippen molar-refractivity contribution in [1.29, 1.82) is 0 Å². The van der Waals surface area contributed by atoms with E-state index in [0.29, 0.717) is 0 Å². The van der Waals surface area contributed by atoms with Crippen LogP contribution in [0.1, 0.15) is 0 Å². The quantitative estimate of drug-likeness (QED) is 0.435. The summed E-state index contributed by atoms with van der Waals surface area (Å²) in [7, 11) is 10.8. The molecule has 0 aliphatic carbocycles. The summed E-state index contributed by atoms with van der Waals surface area (Å²) < 4.78 is 56.1. The molecule has 2 rings (SSSR count). The van der Waals surface area contributed by atoms with Crippen LogP contribution in [0, 0.1) is 0 Å². The van der Waals surface area contributed by atoms with Crippen LogP contribution in [0.5, 0.6) is 0 Å². The lowest BCUT2D eigenvalue weighted by atomic mass is 9.97. The van der Waals surface area contributed by atoms with E-state index in [1.807, 2.05) is 0 Å². The van der Waals surface area contributed by atoms with E-state index < -0.39 is 61.4 Å². The second kappa shape index (κ2) is 12.6. The molecule has 0 aromatic carbocycles. The van der Waals surface area contributed by atoms with Crippen LogP contribution in [0.3, 0.4) is 0 Å². The second-order valence-corrected chi connectivity index (χ2v) is 7.10. The fourth-order valence-corrected chi connectivity index (χ4v) is 4.14. The first-order valence-electron chi connectivity index (χ1n) is 9.77. The Morgan fingerprint density at radius 3 is 1.50 bits per heavy atom. The first-order valence-corrected chi connectivity index (χ1v) is 9.77. The van der Waals surface area contributed by atoms with Gasteiger partial charge in [-0.3, -0.25) is 0 Å².